The van der Waals surface area contributed by atoms with Crippen LogP contribution in [0.5, 0.6) is 0 Å². The molecule has 3 heterocycles. The maximum absolute atomic E-state index is 12.8. The summed E-state index contributed by atoms with van der Waals surface area (Å²) in [5.74, 6) is 0.719. The second-order valence-corrected chi connectivity index (χ2v) is 7.08. The van der Waals surface area contributed by atoms with Crippen molar-refractivity contribution in [1.29, 1.82) is 0 Å². The van der Waals surface area contributed by atoms with Crippen molar-refractivity contribution in [3.05, 3.63) is 35.6 Å². The summed E-state index contributed by atoms with van der Waals surface area (Å²) in [5.41, 5.74) is 1.49. The summed E-state index contributed by atoms with van der Waals surface area (Å²) in [7, 11) is 2.24. The molecule has 0 unspecified atom stereocenters. The highest BCUT2D eigenvalue weighted by Gasteiger charge is 2.36. The van der Waals surface area contributed by atoms with Gasteiger partial charge in [-0.1, -0.05) is 24.6 Å². The molecule has 3 atom stereocenters. The van der Waals surface area contributed by atoms with E-state index in [0.29, 0.717) is 23.4 Å². The van der Waals surface area contributed by atoms with Gasteiger partial charge in [0.2, 0.25) is 0 Å². The van der Waals surface area contributed by atoms with E-state index in [1.165, 1.54) is 19.3 Å². The first-order valence-electron chi connectivity index (χ1n) is 8.64. The predicted octanol–water partition coefficient (Wildman–Crippen LogP) is 3.49. The van der Waals surface area contributed by atoms with Crippen molar-refractivity contribution in [2.45, 2.75) is 57.2 Å². The van der Waals surface area contributed by atoms with Gasteiger partial charge in [-0.15, -0.1) is 0 Å². The molecule has 2 aliphatic heterocycles. The van der Waals surface area contributed by atoms with Gasteiger partial charge >= 0.3 is 0 Å². The lowest BCUT2D eigenvalue weighted by molar-refractivity contribution is 0.0463. The summed E-state index contributed by atoms with van der Waals surface area (Å²) in [6.45, 7) is 1.87. The van der Waals surface area contributed by atoms with E-state index in [1.807, 2.05) is 31.2 Å². The van der Waals surface area contributed by atoms with Gasteiger partial charge in [0.1, 0.15) is 11.3 Å². The van der Waals surface area contributed by atoms with E-state index < -0.39 is 0 Å². The Hall–Kier alpha value is -1.81. The van der Waals surface area contributed by atoms with Gasteiger partial charge in [-0.3, -0.25) is 4.79 Å². The SMILES string of the molecule is Cc1oc2ccccc2c1C(=O)N[C@H]1C[C@H]2CCC[C@@H](C1)N2C. The monoisotopic (exact) mass is 312 g/mol. The Morgan fingerprint density at radius 2 is 1.91 bits per heavy atom. The number of amides is 1. The molecule has 0 saturated carbocycles. The Bertz CT molecular complexity index is 722. The van der Waals surface area contributed by atoms with Crippen LogP contribution in [0, 0.1) is 6.92 Å². The third kappa shape index (κ3) is 2.55. The summed E-state index contributed by atoms with van der Waals surface area (Å²) in [6.07, 6.45) is 5.97. The molecule has 4 rings (SSSR count). The van der Waals surface area contributed by atoms with Gasteiger partial charge in [-0.2, -0.15) is 0 Å². The molecule has 2 aliphatic rings. The summed E-state index contributed by atoms with van der Waals surface area (Å²) in [5, 5.41) is 4.19. The third-order valence-corrected chi connectivity index (χ3v) is 5.67. The van der Waals surface area contributed by atoms with Crippen molar-refractivity contribution in [2.24, 2.45) is 0 Å². The van der Waals surface area contributed by atoms with Crippen LogP contribution >= 0.6 is 0 Å². The summed E-state index contributed by atoms with van der Waals surface area (Å²) in [6, 6.07) is 9.29. The zero-order chi connectivity index (χ0) is 16.0. The Morgan fingerprint density at radius 1 is 1.22 bits per heavy atom. The molecule has 2 fully saturated rings. The largest absolute Gasteiger partial charge is 0.461 e. The van der Waals surface area contributed by atoms with E-state index in [1.54, 1.807) is 0 Å². The molecule has 1 aromatic carbocycles. The fourth-order valence-electron chi connectivity index (χ4n) is 4.44. The van der Waals surface area contributed by atoms with Crippen LogP contribution in [0.1, 0.15) is 48.2 Å². The molecule has 4 heteroatoms. The number of carbonyl (C=O) groups excluding carboxylic acids is 1. The highest BCUT2D eigenvalue weighted by Crippen LogP contribution is 2.33. The number of fused-ring (bicyclic) bond motifs is 3. The number of nitrogens with one attached hydrogen (secondary N) is 1. The summed E-state index contributed by atoms with van der Waals surface area (Å²) < 4.78 is 5.73. The molecule has 2 saturated heterocycles. The number of aryl methyl sites for hydroxylation is 1. The number of rotatable bonds is 2. The van der Waals surface area contributed by atoms with Gasteiger partial charge in [-0.25, -0.2) is 0 Å². The molecule has 4 nitrogen and oxygen atoms in total. The van der Waals surface area contributed by atoms with E-state index >= 15 is 0 Å². The van der Waals surface area contributed by atoms with Crippen molar-refractivity contribution in [1.82, 2.24) is 10.2 Å². The second-order valence-electron chi connectivity index (χ2n) is 7.08. The van der Waals surface area contributed by atoms with Gasteiger partial charge in [0.05, 0.1) is 5.56 Å². The Morgan fingerprint density at radius 3 is 2.65 bits per heavy atom. The number of carbonyl (C=O) groups is 1. The fourth-order valence-corrected chi connectivity index (χ4v) is 4.44. The average molecular weight is 312 g/mol. The molecule has 2 bridgehead atoms. The minimum Gasteiger partial charge on any atom is -0.461 e. The minimum absolute atomic E-state index is 0.0140. The number of hydrogen-bond donors (Lipinski definition) is 1. The Kier molecular flexibility index (Phi) is 3.64. The van der Waals surface area contributed by atoms with E-state index in [2.05, 4.69) is 17.3 Å². The molecule has 0 radical (unpaired) electrons. The number of furan rings is 1. The molecule has 0 spiro atoms. The van der Waals surface area contributed by atoms with Gasteiger partial charge in [0.15, 0.2) is 0 Å². The average Bonchev–Trinajstić information content (AvgIpc) is 2.84. The van der Waals surface area contributed by atoms with Crippen molar-refractivity contribution in [3.8, 4) is 0 Å². The van der Waals surface area contributed by atoms with E-state index in [0.717, 1.165) is 23.8 Å². The number of hydrogen-bond acceptors (Lipinski definition) is 3. The van der Waals surface area contributed by atoms with Crippen LogP contribution in [0.15, 0.2) is 28.7 Å². The van der Waals surface area contributed by atoms with E-state index in [4.69, 9.17) is 4.42 Å². The van der Waals surface area contributed by atoms with Gasteiger partial charge in [0.25, 0.3) is 5.91 Å². The fraction of sp³-hybridized carbons (Fsp3) is 0.526. The Balaban J connectivity index is 1.55. The third-order valence-electron chi connectivity index (χ3n) is 5.67. The molecule has 2 aromatic rings. The van der Waals surface area contributed by atoms with Crippen LogP contribution < -0.4 is 5.32 Å². The number of piperidine rings is 2. The zero-order valence-corrected chi connectivity index (χ0v) is 13.8. The maximum atomic E-state index is 12.8. The second kappa shape index (κ2) is 5.68. The standard InChI is InChI=1S/C19H24N2O2/c1-12-18(16-8-3-4-9-17(16)23-12)19(22)20-13-10-14-6-5-7-15(11-13)21(14)2/h3-4,8-9,13-15H,5-7,10-11H2,1-2H3,(H,20,22)/t13-,14+,15-. The van der Waals surface area contributed by atoms with Crippen molar-refractivity contribution >= 4 is 16.9 Å². The van der Waals surface area contributed by atoms with E-state index in [-0.39, 0.29) is 11.9 Å². The van der Waals surface area contributed by atoms with Crippen molar-refractivity contribution in [2.75, 3.05) is 7.05 Å². The van der Waals surface area contributed by atoms with Gasteiger partial charge in [-0.05, 0) is 45.7 Å². The van der Waals surface area contributed by atoms with Crippen LogP contribution in [-0.4, -0.2) is 36.0 Å². The molecular formula is C19H24N2O2. The van der Waals surface area contributed by atoms with Crippen molar-refractivity contribution in [3.63, 3.8) is 0 Å². The highest BCUT2D eigenvalue weighted by molar-refractivity contribution is 6.07. The lowest BCUT2D eigenvalue weighted by atomic mass is 9.82. The minimum atomic E-state index is 0.0140. The predicted molar refractivity (Wildman–Crippen MR) is 90.6 cm³/mol. The quantitative estimate of drug-likeness (QED) is 0.923. The molecule has 1 aromatic heterocycles. The Labute approximate surface area is 136 Å². The molecular weight excluding hydrogens is 288 g/mol. The molecule has 122 valence electrons. The van der Waals surface area contributed by atoms with Crippen LogP contribution in [-0.2, 0) is 0 Å². The highest BCUT2D eigenvalue weighted by atomic mass is 16.3. The number of para-hydroxylation sites is 1. The smallest absolute Gasteiger partial charge is 0.255 e. The first kappa shape index (κ1) is 14.8. The zero-order valence-electron chi connectivity index (χ0n) is 13.8. The van der Waals surface area contributed by atoms with Crippen LogP contribution in [0.2, 0.25) is 0 Å². The van der Waals surface area contributed by atoms with Gasteiger partial charge in [0, 0.05) is 23.5 Å². The van der Waals surface area contributed by atoms with E-state index in [9.17, 15) is 4.79 Å². The van der Waals surface area contributed by atoms with Crippen LogP contribution in [0.25, 0.3) is 11.0 Å². The molecule has 1 N–H and O–H groups in total. The van der Waals surface area contributed by atoms with Crippen LogP contribution in [0.4, 0.5) is 0 Å². The first-order valence-corrected chi connectivity index (χ1v) is 8.64. The number of nitrogens with zero attached hydrogens (tertiary/aromatic N) is 1. The van der Waals surface area contributed by atoms with Crippen LogP contribution in [0.3, 0.4) is 0 Å². The molecule has 23 heavy (non-hydrogen) atoms. The lowest BCUT2D eigenvalue weighted by Crippen LogP contribution is -2.55. The summed E-state index contributed by atoms with van der Waals surface area (Å²) in [4.78, 5) is 15.3. The lowest BCUT2D eigenvalue weighted by Gasteiger charge is -2.47. The maximum Gasteiger partial charge on any atom is 0.255 e. The normalized spacial score (nSPS) is 28.0. The molecule has 0 aliphatic carbocycles. The summed E-state index contributed by atoms with van der Waals surface area (Å²) >= 11 is 0. The molecule has 1 amide bonds. The van der Waals surface area contributed by atoms with Gasteiger partial charge < -0.3 is 14.6 Å². The topological polar surface area (TPSA) is 45.5 Å². The first-order chi connectivity index (χ1) is 11.1. The van der Waals surface area contributed by atoms with Crippen molar-refractivity contribution < 1.29 is 9.21 Å². The number of benzene rings is 1.